The molecule has 17 heavy (non-hydrogen) atoms. The first-order valence-corrected chi connectivity index (χ1v) is 5.11. The Hall–Kier alpha value is -2.25. The molecule has 0 saturated heterocycles. The van der Waals surface area contributed by atoms with E-state index in [0.717, 1.165) is 0 Å². The number of rotatable bonds is 1. The van der Waals surface area contributed by atoms with Crippen LogP contribution in [0.1, 0.15) is 11.7 Å². The lowest BCUT2D eigenvalue weighted by atomic mass is 10.2. The van der Waals surface area contributed by atoms with Gasteiger partial charge in [0, 0.05) is 6.21 Å². The average Bonchev–Trinajstić information content (AvgIpc) is 2.71. The number of aromatic amines is 1. The molecular formula is C9H10FN7. The summed E-state index contributed by atoms with van der Waals surface area (Å²) >= 11 is 0. The zero-order valence-electron chi connectivity index (χ0n) is 8.81. The molecule has 0 aliphatic carbocycles. The van der Waals surface area contributed by atoms with E-state index >= 15 is 0 Å². The molecule has 7 nitrogen and oxygen atoms in total. The van der Waals surface area contributed by atoms with Crippen LogP contribution in [0.15, 0.2) is 15.0 Å². The van der Waals surface area contributed by atoms with Gasteiger partial charge in [-0.2, -0.15) is 9.49 Å². The van der Waals surface area contributed by atoms with E-state index in [4.69, 9.17) is 5.73 Å². The molecule has 2 aliphatic heterocycles. The van der Waals surface area contributed by atoms with Crippen LogP contribution in [0.4, 0.5) is 15.9 Å². The van der Waals surface area contributed by atoms with Crippen LogP contribution in [0.25, 0.3) is 0 Å². The van der Waals surface area contributed by atoms with Crippen molar-refractivity contribution >= 4 is 29.5 Å². The zero-order chi connectivity index (χ0) is 11.8. The van der Waals surface area contributed by atoms with Gasteiger partial charge in [0.05, 0.1) is 18.8 Å². The normalized spacial score (nSPS) is 22.5. The first-order chi connectivity index (χ1) is 8.24. The fraction of sp³-hybridized carbons (Fsp3) is 0.333. The maximum absolute atomic E-state index is 13.1. The van der Waals surface area contributed by atoms with E-state index in [-0.39, 0.29) is 12.6 Å². The number of anilines is 1. The summed E-state index contributed by atoms with van der Waals surface area (Å²) in [6, 6.07) is -0.378. The van der Waals surface area contributed by atoms with Crippen molar-refractivity contribution in [2.45, 2.75) is 6.04 Å². The minimum atomic E-state index is -0.482. The molecule has 0 bridgehead atoms. The van der Waals surface area contributed by atoms with Gasteiger partial charge in [0.2, 0.25) is 5.97 Å². The SMILES string of the molecule is NC1=NC(c2[nH]nc3c2N=C(F)CN3)C=NC1. The van der Waals surface area contributed by atoms with Crippen LogP contribution < -0.4 is 11.1 Å². The van der Waals surface area contributed by atoms with Gasteiger partial charge in [0.25, 0.3) is 0 Å². The minimum absolute atomic E-state index is 0.0570. The van der Waals surface area contributed by atoms with Crippen molar-refractivity contribution in [2.75, 3.05) is 18.4 Å². The lowest BCUT2D eigenvalue weighted by Crippen LogP contribution is -2.21. The minimum Gasteiger partial charge on any atom is -0.386 e. The summed E-state index contributed by atoms with van der Waals surface area (Å²) in [4.78, 5) is 12.1. The summed E-state index contributed by atoms with van der Waals surface area (Å²) in [5, 5.41) is 9.61. The van der Waals surface area contributed by atoms with Gasteiger partial charge in [-0.25, -0.2) is 4.99 Å². The van der Waals surface area contributed by atoms with Crippen molar-refractivity contribution in [1.82, 2.24) is 10.2 Å². The van der Waals surface area contributed by atoms with Gasteiger partial charge in [-0.1, -0.05) is 0 Å². The third kappa shape index (κ3) is 1.67. The predicted octanol–water partition coefficient (Wildman–Crippen LogP) is 0.317. The summed E-state index contributed by atoms with van der Waals surface area (Å²) in [5.41, 5.74) is 6.64. The van der Waals surface area contributed by atoms with Crippen molar-refractivity contribution in [1.29, 1.82) is 0 Å². The molecule has 8 heteroatoms. The van der Waals surface area contributed by atoms with Crippen LogP contribution in [0, 0.1) is 0 Å². The standard InChI is InChI=1S/C9H10FN7/c10-5-2-13-9-8(15-5)7(16-17-9)4-1-12-3-6(11)14-4/h1,4H,2-3H2,(H2,11,14)(H2,13,16,17). The molecule has 0 aromatic carbocycles. The van der Waals surface area contributed by atoms with Gasteiger partial charge in [0.15, 0.2) is 5.82 Å². The third-order valence-corrected chi connectivity index (χ3v) is 2.50. The molecule has 3 rings (SSSR count). The largest absolute Gasteiger partial charge is 0.386 e. The second-order valence-electron chi connectivity index (χ2n) is 3.73. The summed E-state index contributed by atoms with van der Waals surface area (Å²) in [7, 11) is 0. The second kappa shape index (κ2) is 3.65. The molecule has 0 amide bonds. The van der Waals surface area contributed by atoms with Crippen molar-refractivity contribution in [3.63, 3.8) is 0 Å². The number of aliphatic imine (C=N–C) groups is 3. The lowest BCUT2D eigenvalue weighted by Gasteiger charge is -2.13. The van der Waals surface area contributed by atoms with E-state index in [0.29, 0.717) is 29.6 Å². The maximum Gasteiger partial charge on any atom is 0.209 e. The number of hydrogen-bond donors (Lipinski definition) is 3. The van der Waals surface area contributed by atoms with Crippen molar-refractivity contribution in [2.24, 2.45) is 20.7 Å². The van der Waals surface area contributed by atoms with Crippen molar-refractivity contribution in [3.8, 4) is 0 Å². The Labute approximate surface area is 95.7 Å². The summed E-state index contributed by atoms with van der Waals surface area (Å²) in [5.74, 6) is 0.480. The number of nitrogens with zero attached hydrogens (tertiary/aromatic N) is 4. The molecule has 1 aromatic rings. The van der Waals surface area contributed by atoms with Gasteiger partial charge < -0.3 is 11.1 Å². The van der Waals surface area contributed by atoms with E-state index in [9.17, 15) is 4.39 Å². The van der Waals surface area contributed by atoms with Gasteiger partial charge in [0.1, 0.15) is 17.6 Å². The molecule has 0 radical (unpaired) electrons. The van der Waals surface area contributed by atoms with Crippen molar-refractivity contribution in [3.05, 3.63) is 5.69 Å². The highest BCUT2D eigenvalue weighted by molar-refractivity contribution is 5.92. The molecule has 0 saturated carbocycles. The second-order valence-corrected chi connectivity index (χ2v) is 3.73. The Balaban J connectivity index is 2.03. The van der Waals surface area contributed by atoms with E-state index in [2.05, 4.69) is 30.5 Å². The van der Waals surface area contributed by atoms with Crippen LogP contribution in [-0.4, -0.2) is 41.3 Å². The Morgan fingerprint density at radius 1 is 1.47 bits per heavy atom. The highest BCUT2D eigenvalue weighted by Crippen LogP contribution is 2.34. The van der Waals surface area contributed by atoms with Crippen LogP contribution in [0.3, 0.4) is 0 Å². The molecule has 1 atom stereocenters. The molecule has 0 spiro atoms. The topological polar surface area (TPSA) is 104 Å². The quantitative estimate of drug-likeness (QED) is 0.652. The maximum atomic E-state index is 13.1. The highest BCUT2D eigenvalue weighted by atomic mass is 19.1. The Bertz CT molecular complexity index is 542. The summed E-state index contributed by atoms with van der Waals surface area (Å²) in [6.45, 7) is 0.449. The van der Waals surface area contributed by atoms with Crippen LogP contribution in [0.5, 0.6) is 0 Å². The number of nitrogens with two attached hydrogens (primary N) is 1. The smallest absolute Gasteiger partial charge is 0.209 e. The van der Waals surface area contributed by atoms with E-state index in [1.165, 1.54) is 0 Å². The van der Waals surface area contributed by atoms with Gasteiger partial charge in [-0.15, -0.1) is 0 Å². The number of amidine groups is 1. The molecule has 4 N–H and O–H groups in total. The monoisotopic (exact) mass is 235 g/mol. The predicted molar refractivity (Wildman–Crippen MR) is 63.0 cm³/mol. The Morgan fingerprint density at radius 3 is 3.18 bits per heavy atom. The summed E-state index contributed by atoms with van der Waals surface area (Å²) < 4.78 is 13.1. The van der Waals surface area contributed by atoms with Crippen molar-refractivity contribution < 1.29 is 4.39 Å². The molecule has 1 unspecified atom stereocenters. The van der Waals surface area contributed by atoms with Crippen LogP contribution >= 0.6 is 0 Å². The number of aromatic nitrogens is 2. The number of hydrogen-bond acceptors (Lipinski definition) is 6. The first-order valence-electron chi connectivity index (χ1n) is 5.11. The zero-order valence-corrected chi connectivity index (χ0v) is 8.81. The van der Waals surface area contributed by atoms with E-state index < -0.39 is 5.97 Å². The number of fused-ring (bicyclic) bond motifs is 1. The molecule has 2 aliphatic rings. The molecule has 3 heterocycles. The Kier molecular flexibility index (Phi) is 2.13. The third-order valence-electron chi connectivity index (χ3n) is 2.50. The van der Waals surface area contributed by atoms with Gasteiger partial charge >= 0.3 is 0 Å². The fourth-order valence-electron chi connectivity index (χ4n) is 1.75. The fourth-order valence-corrected chi connectivity index (χ4v) is 1.75. The highest BCUT2D eigenvalue weighted by Gasteiger charge is 2.24. The number of nitrogens with one attached hydrogen (secondary N) is 2. The van der Waals surface area contributed by atoms with E-state index in [1.54, 1.807) is 6.21 Å². The molecule has 88 valence electrons. The van der Waals surface area contributed by atoms with Crippen LogP contribution in [0.2, 0.25) is 0 Å². The molecular weight excluding hydrogens is 225 g/mol. The van der Waals surface area contributed by atoms with Gasteiger partial charge in [-0.05, 0) is 0 Å². The molecule has 0 fully saturated rings. The van der Waals surface area contributed by atoms with Crippen LogP contribution in [-0.2, 0) is 0 Å². The van der Waals surface area contributed by atoms with E-state index in [1.807, 2.05) is 0 Å². The van der Waals surface area contributed by atoms with Gasteiger partial charge in [-0.3, -0.25) is 15.1 Å². The average molecular weight is 235 g/mol. The number of halogens is 1. The lowest BCUT2D eigenvalue weighted by molar-refractivity contribution is 0.783. The summed E-state index contributed by atoms with van der Waals surface area (Å²) in [6.07, 6.45) is 1.65. The number of H-pyrrole nitrogens is 1. The first kappa shape index (κ1) is 9.94. The Morgan fingerprint density at radius 2 is 2.35 bits per heavy atom. The molecule has 1 aromatic heterocycles.